The van der Waals surface area contributed by atoms with Crippen LogP contribution in [0.1, 0.15) is 201 Å². The molecular weight excluding hydrogens is 856 g/mol. The molecule has 0 radical (unpaired) electrons. The van der Waals surface area contributed by atoms with Crippen LogP contribution in [0.15, 0.2) is 85.1 Å². The fourth-order valence-corrected chi connectivity index (χ4v) is 7.21. The van der Waals surface area contributed by atoms with Gasteiger partial charge in [-0.2, -0.15) is 0 Å². The highest BCUT2D eigenvalue weighted by Crippen LogP contribution is 2.43. The van der Waals surface area contributed by atoms with E-state index in [1.807, 2.05) is 0 Å². The molecule has 0 saturated carbocycles. The first-order valence-corrected chi connectivity index (χ1v) is 27.0. The Kier molecular flexibility index (Phi) is 45.7. The quantitative estimate of drug-likeness (QED) is 0.0197. The number of ether oxygens (including phenoxy) is 3. The fourth-order valence-electron chi connectivity index (χ4n) is 6.42. The second-order valence-electron chi connectivity index (χ2n) is 16.6. The number of carbonyl (C=O) groups excluding carboxylic acids is 3. The number of phosphoric ester groups is 1. The van der Waals surface area contributed by atoms with Crippen molar-refractivity contribution in [3.8, 4) is 0 Å². The monoisotopic (exact) mass is 947 g/mol. The Hall–Kier alpha value is -3.34. The number of hydrogen-bond acceptors (Lipinski definition) is 10. The fraction of sp³-hybridized carbons (Fsp3) is 0.685. The summed E-state index contributed by atoms with van der Waals surface area (Å²) in [5, 5.41) is 9.75. The van der Waals surface area contributed by atoms with Gasteiger partial charge in [0.25, 0.3) is 0 Å². The van der Waals surface area contributed by atoms with Crippen molar-refractivity contribution in [2.75, 3.05) is 26.4 Å². The first-order chi connectivity index (χ1) is 32.2. The van der Waals surface area contributed by atoms with Crippen LogP contribution in [0, 0.1) is 0 Å². The van der Waals surface area contributed by atoms with Gasteiger partial charge in [-0.1, -0.05) is 164 Å². The number of unbranched alkanes of at least 4 members (excludes halogenated alkanes) is 15. The number of carbonyl (C=O) groups is 3. The average Bonchev–Trinajstić information content (AvgIpc) is 3.30. The second kappa shape index (κ2) is 48.1. The SMILES string of the molecule is CC/C=C\C/C=C\C/C=C\CCCCCCCC(=O)OCC(COP(=O)(O)OCC(CO)OC(=O)CCCCCCC/C=C\CCCC)OC(=O)CCCCC/C=C\C/C=C\C/C=C\CC. The average molecular weight is 947 g/mol. The molecule has 0 bridgehead atoms. The van der Waals surface area contributed by atoms with Gasteiger partial charge in [-0.25, -0.2) is 4.57 Å². The van der Waals surface area contributed by atoms with E-state index in [4.69, 9.17) is 23.3 Å². The number of phosphoric acid groups is 1. The van der Waals surface area contributed by atoms with Crippen molar-refractivity contribution in [2.24, 2.45) is 0 Å². The van der Waals surface area contributed by atoms with Crippen LogP contribution >= 0.6 is 7.82 Å². The molecule has 2 N–H and O–H groups in total. The van der Waals surface area contributed by atoms with E-state index in [2.05, 4.69) is 106 Å². The summed E-state index contributed by atoms with van der Waals surface area (Å²) in [7, 11) is -4.75. The Morgan fingerprint density at radius 1 is 0.439 bits per heavy atom. The summed E-state index contributed by atoms with van der Waals surface area (Å²) < 4.78 is 39.3. The summed E-state index contributed by atoms with van der Waals surface area (Å²) in [6.45, 7) is 4.28. The molecule has 11 nitrogen and oxygen atoms in total. The summed E-state index contributed by atoms with van der Waals surface area (Å²) in [4.78, 5) is 48.2. The molecular formula is C54H91O11P. The lowest BCUT2D eigenvalue weighted by Crippen LogP contribution is -2.30. The molecule has 0 aliphatic heterocycles. The molecule has 0 spiro atoms. The molecule has 0 rings (SSSR count). The van der Waals surface area contributed by atoms with Crippen LogP contribution in [0.2, 0.25) is 0 Å². The van der Waals surface area contributed by atoms with Crippen molar-refractivity contribution >= 4 is 25.7 Å². The molecule has 0 aromatic rings. The highest BCUT2D eigenvalue weighted by molar-refractivity contribution is 7.47. The van der Waals surface area contributed by atoms with Crippen molar-refractivity contribution in [1.82, 2.24) is 0 Å². The molecule has 0 aliphatic carbocycles. The largest absolute Gasteiger partial charge is 0.472 e. The Morgan fingerprint density at radius 3 is 1.24 bits per heavy atom. The minimum absolute atomic E-state index is 0.125. The van der Waals surface area contributed by atoms with Crippen molar-refractivity contribution < 1.29 is 52.2 Å². The molecule has 0 heterocycles. The number of aliphatic hydroxyl groups is 1. The minimum atomic E-state index is -4.75. The maximum absolute atomic E-state index is 12.8. The van der Waals surface area contributed by atoms with Crippen molar-refractivity contribution in [3.63, 3.8) is 0 Å². The van der Waals surface area contributed by atoms with E-state index in [0.717, 1.165) is 128 Å². The molecule has 3 atom stereocenters. The topological polar surface area (TPSA) is 155 Å². The summed E-state index contributed by atoms with van der Waals surface area (Å²) >= 11 is 0. The summed E-state index contributed by atoms with van der Waals surface area (Å²) in [6, 6.07) is 0. The zero-order valence-corrected chi connectivity index (χ0v) is 42.3. The van der Waals surface area contributed by atoms with Gasteiger partial charge in [-0.05, 0) is 103 Å². The maximum atomic E-state index is 12.8. The predicted molar refractivity (Wildman–Crippen MR) is 270 cm³/mol. The smallest absolute Gasteiger partial charge is 0.462 e. The van der Waals surface area contributed by atoms with Crippen LogP contribution in [-0.4, -0.2) is 66.5 Å². The molecule has 0 aromatic heterocycles. The van der Waals surface area contributed by atoms with Crippen LogP contribution < -0.4 is 0 Å². The van der Waals surface area contributed by atoms with Gasteiger partial charge >= 0.3 is 25.7 Å². The van der Waals surface area contributed by atoms with Gasteiger partial charge in [0.1, 0.15) is 12.7 Å². The summed E-state index contributed by atoms with van der Waals surface area (Å²) in [5.41, 5.74) is 0. The van der Waals surface area contributed by atoms with E-state index in [1.165, 1.54) is 12.8 Å². The Morgan fingerprint density at radius 2 is 0.788 bits per heavy atom. The van der Waals surface area contributed by atoms with E-state index in [0.29, 0.717) is 19.3 Å². The zero-order chi connectivity index (χ0) is 48.4. The van der Waals surface area contributed by atoms with E-state index in [9.17, 15) is 28.9 Å². The third kappa shape index (κ3) is 45.8. The standard InChI is InChI=1S/C54H91O11P/c1-4-7-10-13-16-19-22-24-25-27-29-31-34-37-40-43-52(56)61-47-51(65-54(58)45-42-39-36-33-30-26-23-20-17-14-11-8-5-2)49-63-66(59,60)62-48-50(46-55)64-53(57)44-41-38-35-32-28-21-18-15-12-9-6-3/h7-8,10-11,15-20,24-26,30,50-51,55H,4-6,9,12-14,21-23,27-29,31-49H2,1-3H3,(H,59,60)/b10-7-,11-8-,18-15-,19-16-,20-17-,25-24-,30-26-. The highest BCUT2D eigenvalue weighted by atomic mass is 31.2. The number of hydrogen-bond donors (Lipinski definition) is 2. The first kappa shape index (κ1) is 62.7. The van der Waals surface area contributed by atoms with Crippen LogP contribution in [0.3, 0.4) is 0 Å². The van der Waals surface area contributed by atoms with E-state index < -0.39 is 57.8 Å². The molecule has 0 saturated heterocycles. The molecule has 0 fully saturated rings. The minimum Gasteiger partial charge on any atom is -0.462 e. The number of aliphatic hydroxyl groups excluding tert-OH is 1. The van der Waals surface area contributed by atoms with Gasteiger partial charge in [0.2, 0.25) is 0 Å². The van der Waals surface area contributed by atoms with Crippen LogP contribution in [0.5, 0.6) is 0 Å². The lowest BCUT2D eigenvalue weighted by atomic mass is 10.1. The molecule has 66 heavy (non-hydrogen) atoms. The highest BCUT2D eigenvalue weighted by Gasteiger charge is 2.28. The van der Waals surface area contributed by atoms with Gasteiger partial charge in [0, 0.05) is 19.3 Å². The lowest BCUT2D eigenvalue weighted by molar-refractivity contribution is -0.161. The lowest BCUT2D eigenvalue weighted by Gasteiger charge is -2.21. The zero-order valence-electron chi connectivity index (χ0n) is 41.4. The third-order valence-electron chi connectivity index (χ3n) is 10.3. The van der Waals surface area contributed by atoms with Crippen molar-refractivity contribution in [2.45, 2.75) is 213 Å². The molecule has 3 unspecified atom stereocenters. The third-order valence-corrected chi connectivity index (χ3v) is 11.2. The molecule has 0 aromatic carbocycles. The van der Waals surface area contributed by atoms with E-state index in [1.54, 1.807) is 0 Å². The van der Waals surface area contributed by atoms with Gasteiger partial charge in [0.15, 0.2) is 6.10 Å². The predicted octanol–water partition coefficient (Wildman–Crippen LogP) is 14.4. The Bertz CT molecular complexity index is 1430. The molecule has 0 aliphatic rings. The van der Waals surface area contributed by atoms with Gasteiger partial charge in [0.05, 0.1) is 19.8 Å². The van der Waals surface area contributed by atoms with Gasteiger partial charge in [-0.3, -0.25) is 23.4 Å². The van der Waals surface area contributed by atoms with Crippen LogP contribution in [-0.2, 0) is 42.2 Å². The summed E-state index contributed by atoms with van der Waals surface area (Å²) in [5.74, 6) is -1.54. The van der Waals surface area contributed by atoms with E-state index in [-0.39, 0.29) is 25.9 Å². The van der Waals surface area contributed by atoms with Gasteiger partial charge < -0.3 is 24.2 Å². The molecule has 378 valence electrons. The van der Waals surface area contributed by atoms with Crippen molar-refractivity contribution in [3.05, 3.63) is 85.1 Å². The first-order valence-electron chi connectivity index (χ1n) is 25.5. The normalized spacial score (nSPS) is 14.2. The number of esters is 3. The number of rotatable bonds is 46. The van der Waals surface area contributed by atoms with Crippen molar-refractivity contribution in [1.29, 1.82) is 0 Å². The maximum Gasteiger partial charge on any atom is 0.472 e. The number of allylic oxidation sites excluding steroid dienone is 14. The molecule has 12 heteroatoms. The summed E-state index contributed by atoms with van der Waals surface area (Å²) in [6.07, 6.45) is 52.7. The Balaban J connectivity index is 4.83. The van der Waals surface area contributed by atoms with E-state index >= 15 is 0 Å². The Labute approximate surface area is 400 Å². The van der Waals surface area contributed by atoms with Crippen LogP contribution in [0.25, 0.3) is 0 Å². The van der Waals surface area contributed by atoms with Gasteiger partial charge in [-0.15, -0.1) is 0 Å². The second-order valence-corrected chi connectivity index (χ2v) is 18.0. The molecule has 0 amide bonds. The van der Waals surface area contributed by atoms with Crippen LogP contribution in [0.4, 0.5) is 0 Å².